The third-order valence-corrected chi connectivity index (χ3v) is 11.2. The summed E-state index contributed by atoms with van der Waals surface area (Å²) in [6, 6.07) is 76.6. The van der Waals surface area contributed by atoms with Crippen LogP contribution in [0.4, 0.5) is 17.1 Å². The lowest BCUT2D eigenvalue weighted by molar-refractivity contribution is 0.669. The van der Waals surface area contributed by atoms with E-state index in [4.69, 9.17) is 4.42 Å². The molecule has 10 aromatic carbocycles. The van der Waals surface area contributed by atoms with Crippen LogP contribution in [0.5, 0.6) is 0 Å². The summed E-state index contributed by atoms with van der Waals surface area (Å²) in [5.74, 6) is 0. The summed E-state index contributed by atoms with van der Waals surface area (Å²) in [6.45, 7) is 0. The molecule has 0 unspecified atom stereocenters. The van der Waals surface area contributed by atoms with Gasteiger partial charge in [-0.3, -0.25) is 0 Å². The van der Waals surface area contributed by atoms with Crippen molar-refractivity contribution in [3.63, 3.8) is 0 Å². The van der Waals surface area contributed by atoms with Gasteiger partial charge in [-0.15, -0.1) is 0 Å². The van der Waals surface area contributed by atoms with E-state index in [2.05, 4.69) is 217 Å². The van der Waals surface area contributed by atoms with Crippen molar-refractivity contribution in [2.45, 2.75) is 0 Å². The molecule has 0 N–H and O–H groups in total. The Balaban J connectivity index is 1.25. The number of hydrogen-bond acceptors (Lipinski definition) is 2. The van der Waals surface area contributed by atoms with E-state index in [0.717, 1.165) is 55.7 Å². The van der Waals surface area contributed by atoms with Crippen LogP contribution < -0.4 is 4.90 Å². The van der Waals surface area contributed by atoms with Gasteiger partial charge < -0.3 is 9.32 Å². The highest BCUT2D eigenvalue weighted by Crippen LogP contribution is 2.51. The first-order chi connectivity index (χ1) is 27.8. The Kier molecular flexibility index (Phi) is 7.53. The molecule has 0 amide bonds. The summed E-state index contributed by atoms with van der Waals surface area (Å²) in [4.78, 5) is 2.47. The maximum absolute atomic E-state index is 6.64. The zero-order valence-electron chi connectivity index (χ0n) is 30.6. The Morgan fingerprint density at radius 2 is 0.964 bits per heavy atom. The first-order valence-electron chi connectivity index (χ1n) is 19.2. The standard InChI is InChI=1S/C54H35NO/c1-3-15-36(16-4-1)38-27-28-40-34-42(30-29-39(40)33-38)55(49-25-13-11-21-44(49)37-17-5-2-6-18-37)50-31-32-52-54(47-24-12-14-26-51(47)56-52)53(50)48-35-41-19-7-8-20-43(41)45-22-9-10-23-46(45)48/h1-35H. The normalized spacial score (nSPS) is 11.6. The van der Waals surface area contributed by atoms with Crippen LogP contribution in [0, 0.1) is 0 Å². The second-order valence-corrected chi connectivity index (χ2v) is 14.5. The smallest absolute Gasteiger partial charge is 0.136 e. The van der Waals surface area contributed by atoms with E-state index in [1.807, 2.05) is 0 Å². The van der Waals surface area contributed by atoms with E-state index in [0.29, 0.717) is 0 Å². The molecule has 56 heavy (non-hydrogen) atoms. The number of benzene rings is 10. The Morgan fingerprint density at radius 3 is 1.80 bits per heavy atom. The molecule has 0 bridgehead atoms. The lowest BCUT2D eigenvalue weighted by atomic mass is 9.89. The molecule has 0 radical (unpaired) electrons. The quantitative estimate of drug-likeness (QED) is 0.160. The van der Waals surface area contributed by atoms with Gasteiger partial charge in [0.1, 0.15) is 11.2 Å². The molecule has 1 heterocycles. The second-order valence-electron chi connectivity index (χ2n) is 14.5. The molecule has 11 aromatic rings. The fourth-order valence-electron chi connectivity index (χ4n) is 8.65. The third kappa shape index (κ3) is 5.26. The van der Waals surface area contributed by atoms with Gasteiger partial charge in [0.15, 0.2) is 0 Å². The number of nitrogens with zero attached hydrogens (tertiary/aromatic N) is 1. The first-order valence-corrected chi connectivity index (χ1v) is 19.2. The molecule has 0 aliphatic rings. The van der Waals surface area contributed by atoms with E-state index < -0.39 is 0 Å². The van der Waals surface area contributed by atoms with Crippen LogP contribution in [0.1, 0.15) is 0 Å². The van der Waals surface area contributed by atoms with Crippen molar-refractivity contribution in [1.29, 1.82) is 0 Å². The number of para-hydroxylation sites is 2. The van der Waals surface area contributed by atoms with E-state index in [1.54, 1.807) is 0 Å². The Bertz CT molecular complexity index is 3250. The molecule has 11 rings (SSSR count). The van der Waals surface area contributed by atoms with Gasteiger partial charge in [0.2, 0.25) is 0 Å². The first kappa shape index (κ1) is 32.0. The predicted molar refractivity (Wildman–Crippen MR) is 237 cm³/mol. The highest BCUT2D eigenvalue weighted by Gasteiger charge is 2.26. The summed E-state index contributed by atoms with van der Waals surface area (Å²) in [7, 11) is 0. The molecule has 0 aliphatic carbocycles. The largest absolute Gasteiger partial charge is 0.456 e. The minimum atomic E-state index is 0.866. The number of fused-ring (bicyclic) bond motifs is 7. The van der Waals surface area contributed by atoms with Gasteiger partial charge in [-0.05, 0) is 103 Å². The zero-order chi connectivity index (χ0) is 37.0. The molecular formula is C54H35NO. The fourth-order valence-corrected chi connectivity index (χ4v) is 8.65. The maximum atomic E-state index is 6.64. The van der Waals surface area contributed by atoms with Crippen LogP contribution in [-0.4, -0.2) is 0 Å². The number of hydrogen-bond donors (Lipinski definition) is 0. The van der Waals surface area contributed by atoms with Gasteiger partial charge in [0.25, 0.3) is 0 Å². The Labute approximate surface area is 325 Å². The van der Waals surface area contributed by atoms with Crippen molar-refractivity contribution in [2.24, 2.45) is 0 Å². The van der Waals surface area contributed by atoms with E-state index in [-0.39, 0.29) is 0 Å². The number of rotatable bonds is 6. The summed E-state index contributed by atoms with van der Waals surface area (Å²) < 4.78 is 6.64. The van der Waals surface area contributed by atoms with Crippen LogP contribution >= 0.6 is 0 Å². The lowest BCUT2D eigenvalue weighted by Gasteiger charge is -2.31. The average Bonchev–Trinajstić information content (AvgIpc) is 3.66. The summed E-state index contributed by atoms with van der Waals surface area (Å²) in [5.41, 5.74) is 12.0. The predicted octanol–water partition coefficient (Wildman–Crippen LogP) is 15.5. The van der Waals surface area contributed by atoms with Crippen molar-refractivity contribution in [2.75, 3.05) is 4.90 Å². The number of furan rings is 1. The molecule has 0 atom stereocenters. The maximum Gasteiger partial charge on any atom is 0.136 e. The summed E-state index contributed by atoms with van der Waals surface area (Å²) in [6.07, 6.45) is 0. The van der Waals surface area contributed by atoms with Crippen LogP contribution in [0.3, 0.4) is 0 Å². The Hall–Kier alpha value is -7.42. The van der Waals surface area contributed by atoms with Gasteiger partial charge in [-0.25, -0.2) is 0 Å². The average molecular weight is 714 g/mol. The topological polar surface area (TPSA) is 16.4 Å². The van der Waals surface area contributed by atoms with Gasteiger partial charge >= 0.3 is 0 Å². The molecule has 0 saturated heterocycles. The van der Waals surface area contributed by atoms with Crippen molar-refractivity contribution < 1.29 is 4.42 Å². The van der Waals surface area contributed by atoms with E-state index in [1.165, 1.54) is 49.0 Å². The molecule has 1 aromatic heterocycles. The van der Waals surface area contributed by atoms with Gasteiger partial charge in [-0.2, -0.15) is 0 Å². The van der Waals surface area contributed by atoms with Crippen LogP contribution in [0.2, 0.25) is 0 Å². The molecule has 0 aliphatic heterocycles. The van der Waals surface area contributed by atoms with Crippen molar-refractivity contribution in [3.8, 4) is 33.4 Å². The summed E-state index contributed by atoms with van der Waals surface area (Å²) in [5, 5.41) is 9.46. The van der Waals surface area contributed by atoms with Crippen molar-refractivity contribution >= 4 is 71.3 Å². The zero-order valence-corrected chi connectivity index (χ0v) is 30.6. The molecule has 2 heteroatoms. The molecule has 2 nitrogen and oxygen atoms in total. The van der Waals surface area contributed by atoms with Crippen LogP contribution in [0.15, 0.2) is 217 Å². The molecule has 0 fully saturated rings. The second kappa shape index (κ2) is 13.2. The molecule has 0 saturated carbocycles. The van der Waals surface area contributed by atoms with Crippen molar-refractivity contribution in [3.05, 3.63) is 212 Å². The SMILES string of the molecule is c1ccc(-c2ccc3cc(N(c4ccccc4-c4ccccc4)c4ccc5oc6ccccc6c5c4-c4cc5ccccc5c5ccccc45)ccc3c2)cc1. The summed E-state index contributed by atoms with van der Waals surface area (Å²) >= 11 is 0. The lowest BCUT2D eigenvalue weighted by Crippen LogP contribution is -2.12. The highest BCUT2D eigenvalue weighted by molar-refractivity contribution is 6.23. The monoisotopic (exact) mass is 713 g/mol. The van der Waals surface area contributed by atoms with Gasteiger partial charge in [0.05, 0.1) is 11.4 Å². The van der Waals surface area contributed by atoms with E-state index in [9.17, 15) is 0 Å². The number of anilines is 3. The molecular weight excluding hydrogens is 679 g/mol. The third-order valence-electron chi connectivity index (χ3n) is 11.2. The molecule has 262 valence electrons. The highest BCUT2D eigenvalue weighted by atomic mass is 16.3. The minimum Gasteiger partial charge on any atom is -0.456 e. The van der Waals surface area contributed by atoms with E-state index >= 15 is 0 Å². The molecule has 0 spiro atoms. The minimum absolute atomic E-state index is 0.866. The Morgan fingerprint density at radius 1 is 0.321 bits per heavy atom. The van der Waals surface area contributed by atoms with Gasteiger partial charge in [-0.1, -0.05) is 164 Å². The van der Waals surface area contributed by atoms with Gasteiger partial charge in [0, 0.05) is 27.6 Å². The van der Waals surface area contributed by atoms with Crippen LogP contribution in [0.25, 0.3) is 87.6 Å². The van der Waals surface area contributed by atoms with Crippen LogP contribution in [-0.2, 0) is 0 Å². The van der Waals surface area contributed by atoms with Crippen molar-refractivity contribution in [1.82, 2.24) is 0 Å². The fraction of sp³-hybridized carbons (Fsp3) is 0.